The second-order valence-electron chi connectivity index (χ2n) is 10.5. The Bertz CT molecular complexity index is 1130. The first-order chi connectivity index (χ1) is 19.6. The minimum Gasteiger partial charge on any atom is -0.493 e. The highest BCUT2D eigenvalue weighted by molar-refractivity contribution is 5.91. The number of unbranched alkanes of at least 4 members (excludes halogenated alkanes) is 11. The summed E-state index contributed by atoms with van der Waals surface area (Å²) in [5.41, 5.74) is 2.03. The second kappa shape index (κ2) is 18.1. The third-order valence-corrected chi connectivity index (χ3v) is 7.05. The molecule has 0 amide bonds. The van der Waals surface area contributed by atoms with Crippen molar-refractivity contribution in [2.24, 2.45) is 0 Å². The van der Waals surface area contributed by atoms with Gasteiger partial charge in [0.05, 0.1) is 24.6 Å². The van der Waals surface area contributed by atoms with Crippen molar-refractivity contribution < 1.29 is 18.7 Å². The summed E-state index contributed by atoms with van der Waals surface area (Å²) in [5, 5.41) is 0. The van der Waals surface area contributed by atoms with Gasteiger partial charge in [-0.15, -0.1) is 0 Å². The average Bonchev–Trinajstić information content (AvgIpc) is 2.97. The van der Waals surface area contributed by atoms with Crippen LogP contribution in [0, 0.1) is 5.82 Å². The molecule has 216 valence electrons. The lowest BCUT2D eigenvalue weighted by atomic mass is 10.0. The molecule has 0 spiro atoms. The van der Waals surface area contributed by atoms with Crippen LogP contribution in [0.4, 0.5) is 4.39 Å². The summed E-state index contributed by atoms with van der Waals surface area (Å²) >= 11 is 0. The van der Waals surface area contributed by atoms with Gasteiger partial charge >= 0.3 is 5.97 Å². The van der Waals surface area contributed by atoms with Gasteiger partial charge in [-0.1, -0.05) is 109 Å². The zero-order chi connectivity index (χ0) is 28.4. The van der Waals surface area contributed by atoms with Crippen molar-refractivity contribution in [3.63, 3.8) is 0 Å². The first kappa shape index (κ1) is 31.3. The van der Waals surface area contributed by atoms with E-state index in [0.717, 1.165) is 24.8 Å². The molecule has 0 saturated carbocycles. The maximum atomic E-state index is 14.6. The monoisotopic (exact) mass is 548 g/mol. The molecule has 0 aliphatic rings. The highest BCUT2D eigenvalue weighted by atomic mass is 19.1. The summed E-state index contributed by atoms with van der Waals surface area (Å²) in [6.07, 6.45) is 19.9. The van der Waals surface area contributed by atoms with Crippen LogP contribution in [-0.2, 0) is 6.42 Å². The zero-order valence-corrected chi connectivity index (χ0v) is 24.3. The van der Waals surface area contributed by atoms with Crippen LogP contribution in [0.2, 0.25) is 0 Å². The van der Waals surface area contributed by atoms with Crippen LogP contribution in [0.5, 0.6) is 11.5 Å². The van der Waals surface area contributed by atoms with Gasteiger partial charge < -0.3 is 9.47 Å². The van der Waals surface area contributed by atoms with Crippen LogP contribution in [0.1, 0.15) is 113 Å². The third-order valence-electron chi connectivity index (χ3n) is 7.05. The molecule has 0 saturated heterocycles. The van der Waals surface area contributed by atoms with Crippen LogP contribution in [-0.4, -0.2) is 22.5 Å². The number of halogens is 1. The fraction of sp³-hybridized carbons (Fsp3) is 0.500. The zero-order valence-electron chi connectivity index (χ0n) is 24.3. The first-order valence-corrected chi connectivity index (χ1v) is 15.2. The maximum absolute atomic E-state index is 14.6. The van der Waals surface area contributed by atoms with E-state index in [9.17, 15) is 9.18 Å². The highest BCUT2D eigenvalue weighted by Gasteiger charge is 2.16. The Hall–Kier alpha value is -3.28. The lowest BCUT2D eigenvalue weighted by Gasteiger charge is -2.09. The molecule has 3 aromatic rings. The van der Waals surface area contributed by atoms with E-state index in [0.29, 0.717) is 18.2 Å². The fourth-order valence-corrected chi connectivity index (χ4v) is 4.61. The van der Waals surface area contributed by atoms with Gasteiger partial charge in [0.25, 0.3) is 0 Å². The maximum Gasteiger partial charge on any atom is 0.346 e. The Morgan fingerprint density at radius 2 is 1.32 bits per heavy atom. The summed E-state index contributed by atoms with van der Waals surface area (Å²) < 4.78 is 25.6. The number of carbonyl (C=O) groups excluding carboxylic acids is 1. The molecule has 1 heterocycles. The van der Waals surface area contributed by atoms with Crippen molar-refractivity contribution in [2.45, 2.75) is 104 Å². The van der Waals surface area contributed by atoms with Crippen molar-refractivity contribution in [1.29, 1.82) is 0 Å². The topological polar surface area (TPSA) is 61.3 Å². The van der Waals surface area contributed by atoms with Gasteiger partial charge in [0.15, 0.2) is 11.6 Å². The lowest BCUT2D eigenvalue weighted by molar-refractivity contribution is 0.0728. The summed E-state index contributed by atoms with van der Waals surface area (Å²) in [6, 6.07) is 12.5. The predicted octanol–water partition coefficient (Wildman–Crippen LogP) is 9.53. The molecule has 3 rings (SSSR count). The average molecular weight is 549 g/mol. The van der Waals surface area contributed by atoms with Crippen molar-refractivity contribution in [1.82, 2.24) is 9.97 Å². The number of ether oxygens (including phenoxy) is 2. The van der Waals surface area contributed by atoms with Gasteiger partial charge in [-0.2, -0.15) is 0 Å². The van der Waals surface area contributed by atoms with Crippen molar-refractivity contribution in [3.8, 4) is 22.9 Å². The normalized spacial score (nSPS) is 11.0. The molecule has 5 nitrogen and oxygen atoms in total. The second-order valence-corrected chi connectivity index (χ2v) is 10.5. The van der Waals surface area contributed by atoms with Crippen molar-refractivity contribution >= 4 is 5.97 Å². The number of aromatic nitrogens is 2. The number of esters is 1. The molecule has 6 heteroatoms. The number of nitrogens with zero attached hydrogens (tertiary/aromatic N) is 2. The van der Waals surface area contributed by atoms with Gasteiger partial charge in [0, 0.05) is 11.6 Å². The molecule has 0 fully saturated rings. The van der Waals surface area contributed by atoms with Crippen LogP contribution < -0.4 is 9.47 Å². The first-order valence-electron chi connectivity index (χ1n) is 15.2. The number of hydrogen-bond acceptors (Lipinski definition) is 5. The fourth-order valence-electron chi connectivity index (χ4n) is 4.61. The Morgan fingerprint density at radius 1 is 0.725 bits per heavy atom. The van der Waals surface area contributed by atoms with E-state index in [1.807, 2.05) is 12.1 Å². The van der Waals surface area contributed by atoms with Gasteiger partial charge in [-0.25, -0.2) is 19.2 Å². The number of benzene rings is 2. The molecule has 1 aromatic heterocycles. The Kier molecular flexibility index (Phi) is 14.2. The SMILES string of the molecule is CCCCCCCCCCOc1ccc(C(=O)Oc2cnc(-c3ccc(CCCCCCC)cc3)nc2)c(F)c1. The summed E-state index contributed by atoms with van der Waals surface area (Å²) in [4.78, 5) is 21.2. The smallest absolute Gasteiger partial charge is 0.346 e. The molecule has 0 bridgehead atoms. The standard InChI is InChI=1S/C34H45FN2O3/c1-3-5-7-9-10-11-13-15-23-39-29-21-22-31(32(35)24-29)34(38)40-30-25-36-33(37-26-30)28-19-17-27(18-20-28)16-14-12-8-6-4-2/h17-22,24-26H,3-16,23H2,1-2H3. The van der Waals surface area contributed by atoms with E-state index in [1.54, 1.807) is 6.07 Å². The highest BCUT2D eigenvalue weighted by Crippen LogP contribution is 2.21. The van der Waals surface area contributed by atoms with E-state index in [2.05, 4.69) is 35.9 Å². The molecule has 0 unspecified atom stereocenters. The molecule has 0 aliphatic carbocycles. The third kappa shape index (κ3) is 11.1. The van der Waals surface area contributed by atoms with E-state index in [4.69, 9.17) is 9.47 Å². The van der Waals surface area contributed by atoms with Crippen LogP contribution in [0.3, 0.4) is 0 Å². The van der Waals surface area contributed by atoms with Crippen LogP contribution in [0.15, 0.2) is 54.9 Å². The molecule has 0 atom stereocenters. The van der Waals surface area contributed by atoms with Crippen molar-refractivity contribution in [3.05, 3.63) is 71.8 Å². The summed E-state index contributed by atoms with van der Waals surface area (Å²) in [6.45, 7) is 4.98. The van der Waals surface area contributed by atoms with Crippen LogP contribution in [0.25, 0.3) is 11.4 Å². The van der Waals surface area contributed by atoms with E-state index in [1.165, 1.54) is 101 Å². The van der Waals surface area contributed by atoms with E-state index in [-0.39, 0.29) is 11.3 Å². The minimum atomic E-state index is -0.799. The molecule has 0 aliphatic heterocycles. The molecule has 0 radical (unpaired) electrons. The predicted molar refractivity (Wildman–Crippen MR) is 159 cm³/mol. The number of rotatable bonds is 19. The minimum absolute atomic E-state index is 0.159. The molecular formula is C34H45FN2O3. The molecule has 0 N–H and O–H groups in total. The van der Waals surface area contributed by atoms with Gasteiger partial charge in [0.2, 0.25) is 0 Å². The largest absolute Gasteiger partial charge is 0.493 e. The van der Waals surface area contributed by atoms with Crippen molar-refractivity contribution in [2.75, 3.05) is 6.61 Å². The Morgan fingerprint density at radius 3 is 1.95 bits per heavy atom. The lowest BCUT2D eigenvalue weighted by Crippen LogP contribution is -2.11. The summed E-state index contributed by atoms with van der Waals surface area (Å²) in [5.74, 6) is -0.370. The van der Waals surface area contributed by atoms with Gasteiger partial charge in [0.1, 0.15) is 11.6 Å². The quantitative estimate of drug-likeness (QED) is 0.110. The summed E-state index contributed by atoms with van der Waals surface area (Å²) in [7, 11) is 0. The van der Waals surface area contributed by atoms with E-state index < -0.39 is 11.8 Å². The van der Waals surface area contributed by atoms with Gasteiger partial charge in [-0.05, 0) is 37.0 Å². The number of carbonyl (C=O) groups is 1. The number of aryl methyl sites for hydroxylation is 1. The Balaban J connectivity index is 1.42. The Labute approximate surface area is 239 Å². The van der Waals surface area contributed by atoms with Gasteiger partial charge in [-0.3, -0.25) is 0 Å². The van der Waals surface area contributed by atoms with Crippen LogP contribution >= 0.6 is 0 Å². The number of hydrogen-bond donors (Lipinski definition) is 0. The molecule has 2 aromatic carbocycles. The van der Waals surface area contributed by atoms with E-state index >= 15 is 0 Å². The molecule has 40 heavy (non-hydrogen) atoms. The molecular weight excluding hydrogens is 503 g/mol.